The van der Waals surface area contributed by atoms with Gasteiger partial charge in [-0.2, -0.15) is 0 Å². The highest BCUT2D eigenvalue weighted by Crippen LogP contribution is 2.34. The van der Waals surface area contributed by atoms with Gasteiger partial charge in [-0.3, -0.25) is 4.79 Å². The van der Waals surface area contributed by atoms with E-state index in [0.29, 0.717) is 18.9 Å². The van der Waals surface area contributed by atoms with Crippen molar-refractivity contribution in [2.45, 2.75) is 51.7 Å². The van der Waals surface area contributed by atoms with Crippen molar-refractivity contribution in [3.05, 3.63) is 17.2 Å². The number of piperidine rings is 1. The largest absolute Gasteiger partial charge is 0.380 e. The van der Waals surface area contributed by atoms with Gasteiger partial charge in [-0.25, -0.2) is 4.98 Å². The molecule has 3 rings (SSSR count). The Labute approximate surface area is 144 Å². The van der Waals surface area contributed by atoms with E-state index >= 15 is 0 Å². The molecular weight excluding hydrogens is 304 g/mol. The fourth-order valence-electron chi connectivity index (χ4n) is 3.87. The molecule has 2 atom stereocenters. The van der Waals surface area contributed by atoms with Gasteiger partial charge in [0.15, 0.2) is 0 Å². The van der Waals surface area contributed by atoms with Gasteiger partial charge in [0.25, 0.3) is 0 Å². The molecule has 0 bridgehead atoms. The lowest BCUT2D eigenvalue weighted by Gasteiger charge is -2.30. The van der Waals surface area contributed by atoms with Crippen LogP contribution in [-0.2, 0) is 9.53 Å². The molecular formula is C18H30N4O2. The lowest BCUT2D eigenvalue weighted by atomic mass is 9.93. The van der Waals surface area contributed by atoms with E-state index in [-0.39, 0.29) is 18.1 Å². The second-order valence-corrected chi connectivity index (χ2v) is 7.44. The summed E-state index contributed by atoms with van der Waals surface area (Å²) in [4.78, 5) is 25.3. The summed E-state index contributed by atoms with van der Waals surface area (Å²) in [6, 6.07) is 0.0149. The van der Waals surface area contributed by atoms with Crippen LogP contribution in [0.5, 0.6) is 0 Å². The first-order valence-corrected chi connectivity index (χ1v) is 9.01. The minimum atomic E-state index is 0.0149. The number of nitrogens with one attached hydrogen (secondary N) is 1. The van der Waals surface area contributed by atoms with Crippen LogP contribution in [0.4, 0.5) is 0 Å². The number of hydrogen-bond acceptors (Lipinski definition) is 4. The molecule has 1 amide bonds. The number of hydrogen-bond donors (Lipinski definition) is 1. The van der Waals surface area contributed by atoms with E-state index in [2.05, 4.69) is 21.9 Å². The third kappa shape index (κ3) is 3.64. The van der Waals surface area contributed by atoms with Crippen molar-refractivity contribution in [1.29, 1.82) is 0 Å². The Morgan fingerprint density at radius 2 is 2.04 bits per heavy atom. The van der Waals surface area contributed by atoms with E-state index in [0.717, 1.165) is 49.6 Å². The summed E-state index contributed by atoms with van der Waals surface area (Å²) in [5.74, 6) is 1.66. The molecule has 24 heavy (non-hydrogen) atoms. The average molecular weight is 334 g/mol. The second-order valence-electron chi connectivity index (χ2n) is 7.44. The van der Waals surface area contributed by atoms with Crippen molar-refractivity contribution in [3.63, 3.8) is 0 Å². The Morgan fingerprint density at radius 3 is 2.62 bits per heavy atom. The van der Waals surface area contributed by atoms with Crippen LogP contribution in [0, 0.1) is 19.8 Å². The number of likely N-dealkylation sites (tertiary alicyclic amines) is 2. The Morgan fingerprint density at radius 1 is 1.33 bits per heavy atom. The van der Waals surface area contributed by atoms with E-state index in [1.165, 1.54) is 0 Å². The predicted molar refractivity (Wildman–Crippen MR) is 92.8 cm³/mol. The molecule has 134 valence electrons. The second kappa shape index (κ2) is 7.23. The van der Waals surface area contributed by atoms with Gasteiger partial charge in [0.2, 0.25) is 5.91 Å². The minimum absolute atomic E-state index is 0.0149. The highest BCUT2D eigenvalue weighted by Gasteiger charge is 2.38. The molecule has 3 heterocycles. The molecule has 6 nitrogen and oxygen atoms in total. The van der Waals surface area contributed by atoms with Crippen LogP contribution in [0.2, 0.25) is 0 Å². The third-order valence-electron chi connectivity index (χ3n) is 5.68. The van der Waals surface area contributed by atoms with Crippen molar-refractivity contribution in [2.24, 2.45) is 5.92 Å². The van der Waals surface area contributed by atoms with Gasteiger partial charge < -0.3 is 19.5 Å². The number of amides is 1. The number of carbonyl (C=O) groups excluding carboxylic acids is 1. The van der Waals surface area contributed by atoms with Crippen LogP contribution in [0.3, 0.4) is 0 Å². The van der Waals surface area contributed by atoms with Crippen LogP contribution >= 0.6 is 0 Å². The normalized spacial score (nSPS) is 26.2. The smallest absolute Gasteiger partial charge is 0.223 e. The monoisotopic (exact) mass is 334 g/mol. The molecule has 1 N–H and O–H groups in total. The van der Waals surface area contributed by atoms with Gasteiger partial charge in [-0.15, -0.1) is 0 Å². The number of carbonyl (C=O) groups is 1. The lowest BCUT2D eigenvalue weighted by molar-refractivity contribution is -0.134. The zero-order valence-corrected chi connectivity index (χ0v) is 15.3. The number of methoxy groups -OCH3 is 1. The Kier molecular flexibility index (Phi) is 5.25. The molecule has 0 unspecified atom stereocenters. The first-order valence-electron chi connectivity index (χ1n) is 9.01. The van der Waals surface area contributed by atoms with Crippen molar-refractivity contribution in [1.82, 2.24) is 19.8 Å². The SMILES string of the molecule is CO[C@@H]1C[C@@H](c2nc(C)c(C)[nH]2)N(C(=O)CC2CCN(C)CC2)C1. The number of H-pyrrole nitrogens is 1. The standard InChI is InChI=1S/C18H30N4O2/c1-12-13(2)20-18(19-12)16-10-15(24-4)11-22(16)17(23)9-14-5-7-21(3)8-6-14/h14-16H,5-11H2,1-4H3,(H,19,20)/t15-,16+/m1/s1. The zero-order chi connectivity index (χ0) is 17.3. The quantitative estimate of drug-likeness (QED) is 0.915. The molecule has 2 aliphatic rings. The van der Waals surface area contributed by atoms with Gasteiger partial charge in [0.1, 0.15) is 5.82 Å². The van der Waals surface area contributed by atoms with E-state index in [4.69, 9.17) is 4.74 Å². The van der Waals surface area contributed by atoms with Crippen molar-refractivity contribution in [2.75, 3.05) is 33.8 Å². The average Bonchev–Trinajstić information content (AvgIpc) is 3.13. The number of aromatic amines is 1. The lowest BCUT2D eigenvalue weighted by Crippen LogP contribution is -2.36. The topological polar surface area (TPSA) is 61.5 Å². The molecule has 1 aromatic heterocycles. The Hall–Kier alpha value is -1.40. The summed E-state index contributed by atoms with van der Waals surface area (Å²) in [5.41, 5.74) is 2.09. The molecule has 0 spiro atoms. The van der Waals surface area contributed by atoms with Crippen LogP contribution in [0.25, 0.3) is 0 Å². The van der Waals surface area contributed by atoms with Crippen molar-refractivity contribution in [3.8, 4) is 0 Å². The maximum atomic E-state index is 12.9. The predicted octanol–water partition coefficient (Wildman–Crippen LogP) is 2.05. The highest BCUT2D eigenvalue weighted by atomic mass is 16.5. The molecule has 2 saturated heterocycles. The molecule has 1 aromatic rings. The van der Waals surface area contributed by atoms with E-state index < -0.39 is 0 Å². The third-order valence-corrected chi connectivity index (χ3v) is 5.68. The number of ether oxygens (including phenoxy) is 1. The summed E-state index contributed by atoms with van der Waals surface area (Å²) in [6.45, 7) is 6.89. The van der Waals surface area contributed by atoms with E-state index in [1.54, 1.807) is 7.11 Å². The van der Waals surface area contributed by atoms with E-state index in [1.807, 2.05) is 18.7 Å². The van der Waals surface area contributed by atoms with Gasteiger partial charge >= 0.3 is 0 Å². The molecule has 0 aliphatic carbocycles. The summed E-state index contributed by atoms with van der Waals surface area (Å²) < 4.78 is 5.54. The first kappa shape index (κ1) is 17.4. The first-order chi connectivity index (χ1) is 11.5. The summed E-state index contributed by atoms with van der Waals surface area (Å²) in [6.07, 6.45) is 3.81. The molecule has 0 saturated carbocycles. The molecule has 2 fully saturated rings. The van der Waals surface area contributed by atoms with Crippen LogP contribution in [0.15, 0.2) is 0 Å². The molecule has 0 radical (unpaired) electrons. The number of imidazole rings is 1. The zero-order valence-electron chi connectivity index (χ0n) is 15.3. The van der Waals surface area contributed by atoms with E-state index in [9.17, 15) is 4.79 Å². The van der Waals surface area contributed by atoms with Gasteiger partial charge in [0.05, 0.1) is 17.8 Å². The fourth-order valence-corrected chi connectivity index (χ4v) is 3.87. The fraction of sp³-hybridized carbons (Fsp3) is 0.778. The minimum Gasteiger partial charge on any atom is -0.380 e. The van der Waals surface area contributed by atoms with Gasteiger partial charge in [0, 0.05) is 32.2 Å². The summed E-state index contributed by atoms with van der Waals surface area (Å²) in [7, 11) is 3.88. The summed E-state index contributed by atoms with van der Waals surface area (Å²) in [5, 5.41) is 0. The Balaban J connectivity index is 1.70. The Bertz CT molecular complexity index is 558. The molecule has 0 aromatic carbocycles. The molecule has 6 heteroatoms. The maximum Gasteiger partial charge on any atom is 0.223 e. The number of aryl methyl sites for hydroxylation is 2. The van der Waals surface area contributed by atoms with Gasteiger partial charge in [-0.05, 0) is 52.7 Å². The number of aromatic nitrogens is 2. The van der Waals surface area contributed by atoms with Gasteiger partial charge in [-0.1, -0.05) is 0 Å². The van der Waals surface area contributed by atoms with Crippen LogP contribution < -0.4 is 0 Å². The van der Waals surface area contributed by atoms with Crippen molar-refractivity contribution >= 4 is 5.91 Å². The van der Waals surface area contributed by atoms with Crippen molar-refractivity contribution < 1.29 is 9.53 Å². The molecule has 2 aliphatic heterocycles. The number of nitrogens with zero attached hydrogens (tertiary/aromatic N) is 3. The summed E-state index contributed by atoms with van der Waals surface area (Å²) >= 11 is 0. The van der Waals surface area contributed by atoms with Crippen LogP contribution in [-0.4, -0.2) is 65.6 Å². The number of rotatable bonds is 4. The highest BCUT2D eigenvalue weighted by molar-refractivity contribution is 5.77. The maximum absolute atomic E-state index is 12.9. The van der Waals surface area contributed by atoms with Crippen LogP contribution in [0.1, 0.15) is 48.9 Å².